The number of hydrogen-bond donors (Lipinski definition) is 0. The average Bonchev–Trinajstić information content (AvgIpc) is 3.19. The largest absolute Gasteiger partial charge is 0.368 e. The summed E-state index contributed by atoms with van der Waals surface area (Å²) in [5.41, 5.74) is 1.66. The van der Waals surface area contributed by atoms with Gasteiger partial charge in [0.25, 0.3) is 0 Å². The van der Waals surface area contributed by atoms with Gasteiger partial charge in [0.15, 0.2) is 0 Å². The molecule has 1 fully saturated rings. The maximum atomic E-state index is 13.0. The van der Waals surface area contributed by atoms with Crippen molar-refractivity contribution in [1.82, 2.24) is 15.0 Å². The Morgan fingerprint density at radius 3 is 2.33 bits per heavy atom. The highest BCUT2D eigenvalue weighted by atomic mass is 35.5. The first-order valence-corrected chi connectivity index (χ1v) is 8.87. The molecule has 27 heavy (non-hydrogen) atoms. The maximum absolute atomic E-state index is 13.0. The fourth-order valence-electron chi connectivity index (χ4n) is 2.98. The van der Waals surface area contributed by atoms with Gasteiger partial charge in [-0.1, -0.05) is 16.8 Å². The molecule has 0 bridgehead atoms. The summed E-state index contributed by atoms with van der Waals surface area (Å²) in [6.45, 7) is 2.50. The number of hydrogen-bond acceptors (Lipinski definition) is 5. The van der Waals surface area contributed by atoms with Crippen molar-refractivity contribution in [2.45, 2.75) is 0 Å². The van der Waals surface area contributed by atoms with Gasteiger partial charge in [0, 0.05) is 42.5 Å². The van der Waals surface area contributed by atoms with Gasteiger partial charge in [-0.2, -0.15) is 4.98 Å². The summed E-state index contributed by atoms with van der Waals surface area (Å²) >= 11 is 5.92. The average molecular weight is 387 g/mol. The standard InChI is InChI=1S/C19H16ClFN4O2/c20-14-3-7-16(8-4-14)24-9-11-25(12-10-24)19(26)18-22-17(23-27-18)13-1-5-15(21)6-2-13/h1-8H,9-12H2. The Kier molecular flexibility index (Phi) is 4.77. The van der Waals surface area contributed by atoms with Crippen LogP contribution in [0.1, 0.15) is 10.7 Å². The minimum absolute atomic E-state index is 0.0609. The first-order valence-electron chi connectivity index (χ1n) is 8.49. The van der Waals surface area contributed by atoms with E-state index < -0.39 is 0 Å². The molecule has 0 saturated carbocycles. The SMILES string of the molecule is O=C(c1nc(-c2ccc(F)cc2)no1)N1CCN(c2ccc(Cl)cc2)CC1. The van der Waals surface area contributed by atoms with E-state index in [1.54, 1.807) is 17.0 Å². The van der Waals surface area contributed by atoms with Crippen molar-refractivity contribution in [3.05, 3.63) is 65.3 Å². The molecule has 2 aromatic carbocycles. The fourth-order valence-corrected chi connectivity index (χ4v) is 3.11. The van der Waals surface area contributed by atoms with E-state index in [1.165, 1.54) is 12.1 Å². The minimum atomic E-state index is -0.350. The van der Waals surface area contributed by atoms with Gasteiger partial charge in [0.05, 0.1) is 0 Å². The number of carbonyl (C=O) groups excluding carboxylic acids is 1. The van der Waals surface area contributed by atoms with Crippen LogP contribution in [0.3, 0.4) is 0 Å². The third-order valence-electron chi connectivity index (χ3n) is 4.47. The van der Waals surface area contributed by atoms with Gasteiger partial charge in [0.1, 0.15) is 5.82 Å². The van der Waals surface area contributed by atoms with Crippen LogP contribution >= 0.6 is 11.6 Å². The number of carbonyl (C=O) groups is 1. The van der Waals surface area contributed by atoms with Crippen LogP contribution < -0.4 is 4.90 Å². The van der Waals surface area contributed by atoms with E-state index in [0.717, 1.165) is 5.69 Å². The van der Waals surface area contributed by atoms with E-state index in [2.05, 4.69) is 15.0 Å². The molecule has 1 saturated heterocycles. The molecule has 138 valence electrons. The first kappa shape index (κ1) is 17.5. The third-order valence-corrected chi connectivity index (χ3v) is 4.72. The third kappa shape index (κ3) is 3.78. The van der Waals surface area contributed by atoms with Crippen LogP contribution in [0, 0.1) is 5.82 Å². The lowest BCUT2D eigenvalue weighted by atomic mass is 10.2. The Morgan fingerprint density at radius 1 is 1.00 bits per heavy atom. The summed E-state index contributed by atoms with van der Waals surface area (Å²) in [5.74, 6) is -0.448. The van der Waals surface area contributed by atoms with Gasteiger partial charge in [0.2, 0.25) is 5.82 Å². The van der Waals surface area contributed by atoms with E-state index in [0.29, 0.717) is 36.8 Å². The number of aromatic nitrogens is 2. The quantitative estimate of drug-likeness (QED) is 0.689. The van der Waals surface area contributed by atoms with Crippen molar-refractivity contribution in [3.8, 4) is 11.4 Å². The molecule has 6 nitrogen and oxygen atoms in total. The van der Waals surface area contributed by atoms with Crippen LogP contribution in [-0.2, 0) is 0 Å². The summed E-state index contributed by atoms with van der Waals surface area (Å²) in [4.78, 5) is 20.7. The van der Waals surface area contributed by atoms with Crippen molar-refractivity contribution in [3.63, 3.8) is 0 Å². The maximum Gasteiger partial charge on any atom is 0.316 e. The molecule has 0 aliphatic carbocycles. The molecule has 1 aromatic heterocycles. The molecule has 0 spiro atoms. The summed E-state index contributed by atoms with van der Waals surface area (Å²) in [6, 6.07) is 13.3. The molecule has 3 aromatic rings. The summed E-state index contributed by atoms with van der Waals surface area (Å²) < 4.78 is 18.1. The smallest absolute Gasteiger partial charge is 0.316 e. The second kappa shape index (κ2) is 7.36. The zero-order chi connectivity index (χ0) is 18.8. The molecule has 4 rings (SSSR count). The summed E-state index contributed by atoms with van der Waals surface area (Å²) in [7, 11) is 0. The van der Waals surface area contributed by atoms with Crippen LogP contribution in [0.4, 0.5) is 10.1 Å². The number of anilines is 1. The minimum Gasteiger partial charge on any atom is -0.368 e. The van der Waals surface area contributed by atoms with Gasteiger partial charge < -0.3 is 14.3 Å². The van der Waals surface area contributed by atoms with Gasteiger partial charge in [-0.3, -0.25) is 4.79 Å². The molecular formula is C19H16ClFN4O2. The topological polar surface area (TPSA) is 62.5 Å². The van der Waals surface area contributed by atoms with Gasteiger partial charge in [-0.15, -0.1) is 0 Å². The van der Waals surface area contributed by atoms with Gasteiger partial charge >= 0.3 is 11.8 Å². The zero-order valence-electron chi connectivity index (χ0n) is 14.3. The van der Waals surface area contributed by atoms with Crippen LogP contribution in [0.25, 0.3) is 11.4 Å². The predicted octanol–water partition coefficient (Wildman–Crippen LogP) is 3.49. The van der Waals surface area contributed by atoms with Gasteiger partial charge in [-0.25, -0.2) is 4.39 Å². The highest BCUT2D eigenvalue weighted by Gasteiger charge is 2.26. The lowest BCUT2D eigenvalue weighted by Crippen LogP contribution is -2.48. The van der Waals surface area contributed by atoms with E-state index >= 15 is 0 Å². The second-order valence-corrected chi connectivity index (χ2v) is 6.62. The molecule has 0 N–H and O–H groups in total. The lowest BCUT2D eigenvalue weighted by Gasteiger charge is -2.35. The van der Waals surface area contributed by atoms with Crippen LogP contribution in [-0.4, -0.2) is 47.1 Å². The Labute approximate surface area is 160 Å². The van der Waals surface area contributed by atoms with E-state index in [-0.39, 0.29) is 23.4 Å². The number of amides is 1. The highest BCUT2D eigenvalue weighted by Crippen LogP contribution is 2.21. The molecule has 1 aliphatic heterocycles. The first-order chi connectivity index (χ1) is 13.1. The number of piperazine rings is 1. The van der Waals surface area contributed by atoms with Crippen molar-refractivity contribution in [1.29, 1.82) is 0 Å². The normalized spacial score (nSPS) is 14.4. The molecule has 2 heterocycles. The van der Waals surface area contributed by atoms with Gasteiger partial charge in [-0.05, 0) is 48.5 Å². The molecule has 1 amide bonds. The van der Waals surface area contributed by atoms with E-state index in [4.69, 9.17) is 16.1 Å². The van der Waals surface area contributed by atoms with Crippen LogP contribution in [0.5, 0.6) is 0 Å². The van der Waals surface area contributed by atoms with Crippen LogP contribution in [0.2, 0.25) is 5.02 Å². The van der Waals surface area contributed by atoms with Crippen molar-refractivity contribution in [2.24, 2.45) is 0 Å². The Balaban J connectivity index is 1.41. The fraction of sp³-hybridized carbons (Fsp3) is 0.211. The molecule has 8 heteroatoms. The van der Waals surface area contributed by atoms with Crippen molar-refractivity contribution in [2.75, 3.05) is 31.1 Å². The number of benzene rings is 2. The molecule has 0 unspecified atom stereocenters. The highest BCUT2D eigenvalue weighted by molar-refractivity contribution is 6.30. The summed E-state index contributed by atoms with van der Waals surface area (Å²) in [6.07, 6.45) is 0. The predicted molar refractivity (Wildman–Crippen MR) is 99.3 cm³/mol. The Hall–Kier alpha value is -2.93. The monoisotopic (exact) mass is 386 g/mol. The van der Waals surface area contributed by atoms with Crippen molar-refractivity contribution >= 4 is 23.2 Å². The number of rotatable bonds is 3. The number of halogens is 2. The number of nitrogens with zero attached hydrogens (tertiary/aromatic N) is 4. The Morgan fingerprint density at radius 2 is 1.67 bits per heavy atom. The van der Waals surface area contributed by atoms with E-state index in [9.17, 15) is 9.18 Å². The zero-order valence-corrected chi connectivity index (χ0v) is 15.1. The molecule has 0 radical (unpaired) electrons. The van der Waals surface area contributed by atoms with E-state index in [1.807, 2.05) is 24.3 Å². The Bertz CT molecular complexity index is 935. The molecule has 1 aliphatic rings. The molecular weight excluding hydrogens is 371 g/mol. The lowest BCUT2D eigenvalue weighted by molar-refractivity contribution is 0.0696. The summed E-state index contributed by atoms with van der Waals surface area (Å²) in [5, 5.41) is 4.52. The van der Waals surface area contributed by atoms with Crippen LogP contribution in [0.15, 0.2) is 53.1 Å². The molecule has 0 atom stereocenters. The van der Waals surface area contributed by atoms with Crippen molar-refractivity contribution < 1.29 is 13.7 Å². The second-order valence-electron chi connectivity index (χ2n) is 6.19.